The Hall–Kier alpha value is -10.7. The van der Waals surface area contributed by atoms with E-state index in [0.717, 1.165) is 47.0 Å². The van der Waals surface area contributed by atoms with E-state index in [4.69, 9.17) is 4.98 Å². The average Bonchev–Trinajstić information content (AvgIpc) is 1.59. The van der Waals surface area contributed by atoms with Gasteiger partial charge in [0.25, 0.3) is 0 Å². The molecule has 0 bridgehead atoms. The number of aryl methyl sites for hydroxylation is 9. The van der Waals surface area contributed by atoms with Gasteiger partial charge in [0.2, 0.25) is 0 Å². The van der Waals surface area contributed by atoms with Crippen molar-refractivity contribution in [1.82, 2.24) is 37.8 Å². The Balaban J connectivity index is 0.000000174. The Morgan fingerprint density at radius 1 is 0.364 bits per heavy atom. The maximum atomic E-state index is 4.81. The number of hydrogen-bond acceptors (Lipinski definition) is 3. The summed E-state index contributed by atoms with van der Waals surface area (Å²) in [5.74, 6) is 3.44. The van der Waals surface area contributed by atoms with Crippen molar-refractivity contribution in [2.75, 3.05) is 0 Å². The second-order valence-electron chi connectivity index (χ2n) is 26.5. The molecule has 99 heavy (non-hydrogen) atoms. The smallest absolute Gasteiger partial charge is 0.340 e. The van der Waals surface area contributed by atoms with Crippen molar-refractivity contribution < 1.29 is 20.1 Å². The third-order valence-electron chi connectivity index (χ3n) is 19.3. The molecule has 16 rings (SSSR count). The maximum absolute atomic E-state index is 4.81. The quantitative estimate of drug-likeness (QED) is 0.108. The molecule has 2 atom stereocenters. The number of nitrogens with zero attached hydrogens (tertiary/aromatic N) is 8. The molecular formula is C90H81IrN8. The molecule has 5 heterocycles. The van der Waals surface area contributed by atoms with E-state index in [-0.39, 0.29) is 26.0 Å². The molecule has 0 saturated carbocycles. The molecule has 16 aromatic rings. The van der Waals surface area contributed by atoms with E-state index >= 15 is 0 Å². The van der Waals surface area contributed by atoms with Crippen LogP contribution < -0.4 is 0 Å². The minimum Gasteiger partial charge on any atom is -0.340 e. The van der Waals surface area contributed by atoms with Gasteiger partial charge in [-0.3, -0.25) is 15.0 Å². The zero-order valence-corrected chi connectivity index (χ0v) is 60.6. The van der Waals surface area contributed by atoms with Crippen LogP contribution in [0, 0.1) is 80.5 Å². The SMILES string of the molecule is CCC(CC(C)c1cc(-n2c3ccccc3c3ccccc32)cc(-n2c3ccccc3c3ccccc32)c1)c1c[c-]c(-c2nccn2-c2c(C)cc(C)cc2C)cc1.Cc1cc(C)c(-n2ccnc2-c2[c-]cccc2)c(C)c1.Cc1cc(C)c(-n2ccnc2-c2[c-]cccc2)c(C)c1.[Ir+3]. The van der Waals surface area contributed by atoms with E-state index in [1.807, 2.05) is 79.5 Å². The summed E-state index contributed by atoms with van der Waals surface area (Å²) in [6, 6.07) is 88.6. The standard InChI is InChI=1S/C54H47N4.2C18H17N2.Ir/c1-6-39(40-23-25-41(26-24-40)54-55-27-28-56(54)53-37(4)29-35(2)30-38(53)5)31-36(3)42-32-43(57-49-19-11-7-15-45(49)46-16-8-12-20-50(46)57)34-44(33-42)58-51-21-13-9-17-47(51)48-18-10-14-22-52(48)58;2*1-13-11-14(2)17(15(3)12-13)20-10-9-19-18(20)16-7-5-4-6-8-16;/h7-25,27-30,32-34,36,39H,6,31H2,1-5H3;2*4-7,9-12H,1-3H3;/q3*-1;+3. The van der Waals surface area contributed by atoms with Gasteiger partial charge in [0.05, 0.1) is 39.5 Å². The molecule has 0 aliphatic heterocycles. The maximum Gasteiger partial charge on any atom is 3.00 e. The van der Waals surface area contributed by atoms with E-state index in [2.05, 4.69) is 303 Å². The molecule has 2 unspecified atom stereocenters. The van der Waals surface area contributed by atoms with E-state index in [0.29, 0.717) is 5.92 Å². The van der Waals surface area contributed by atoms with Crippen LogP contribution in [0.4, 0.5) is 0 Å². The molecule has 0 saturated heterocycles. The van der Waals surface area contributed by atoms with E-state index in [9.17, 15) is 0 Å². The molecule has 9 heteroatoms. The van der Waals surface area contributed by atoms with Crippen molar-refractivity contribution in [1.29, 1.82) is 0 Å². The zero-order valence-electron chi connectivity index (χ0n) is 58.2. The zero-order chi connectivity index (χ0) is 67.7. The van der Waals surface area contributed by atoms with Gasteiger partial charge in [0.15, 0.2) is 0 Å². The van der Waals surface area contributed by atoms with Gasteiger partial charge in [-0.15, -0.1) is 107 Å². The molecule has 8 nitrogen and oxygen atoms in total. The Morgan fingerprint density at radius 2 is 0.697 bits per heavy atom. The van der Waals surface area contributed by atoms with Gasteiger partial charge in [-0.1, -0.05) is 152 Å². The van der Waals surface area contributed by atoms with Crippen LogP contribution in [-0.2, 0) is 20.1 Å². The van der Waals surface area contributed by atoms with Crippen LogP contribution in [0.3, 0.4) is 0 Å². The van der Waals surface area contributed by atoms with E-state index < -0.39 is 0 Å². The number of aromatic nitrogens is 8. The first-order valence-corrected chi connectivity index (χ1v) is 34.1. The summed E-state index contributed by atoms with van der Waals surface area (Å²) in [5, 5.41) is 5.08. The molecule has 0 spiro atoms. The first kappa shape index (κ1) is 66.9. The monoisotopic (exact) mass is 1470 g/mol. The van der Waals surface area contributed by atoms with Crippen molar-refractivity contribution in [3.05, 3.63) is 335 Å². The van der Waals surface area contributed by atoms with Crippen LogP contribution >= 0.6 is 0 Å². The molecule has 11 aromatic carbocycles. The fraction of sp³-hybridized carbons (Fsp3) is 0.167. The van der Waals surface area contributed by atoms with Crippen LogP contribution in [-0.4, -0.2) is 37.8 Å². The van der Waals surface area contributed by atoms with Crippen LogP contribution in [0.25, 0.3) is 106 Å². The first-order valence-electron chi connectivity index (χ1n) is 34.1. The Bertz CT molecular complexity index is 5110. The van der Waals surface area contributed by atoms with E-state index in [1.165, 1.54) is 133 Å². The molecular weight excluding hydrogens is 1390 g/mol. The molecule has 490 valence electrons. The van der Waals surface area contributed by atoms with Crippen LogP contribution in [0.5, 0.6) is 0 Å². The Kier molecular flexibility index (Phi) is 19.4. The normalized spacial score (nSPS) is 11.9. The Labute approximate surface area is 596 Å². The van der Waals surface area contributed by atoms with Gasteiger partial charge in [0.1, 0.15) is 0 Å². The molecule has 5 aromatic heterocycles. The average molecular weight is 1470 g/mol. The van der Waals surface area contributed by atoms with Crippen molar-refractivity contribution in [2.45, 2.75) is 101 Å². The minimum atomic E-state index is 0. The van der Waals surface area contributed by atoms with Gasteiger partial charge < -0.3 is 22.8 Å². The van der Waals surface area contributed by atoms with Crippen LogP contribution in [0.1, 0.15) is 99.7 Å². The summed E-state index contributed by atoms with van der Waals surface area (Å²) in [7, 11) is 0. The van der Waals surface area contributed by atoms with Crippen LogP contribution in [0.2, 0.25) is 0 Å². The fourth-order valence-electron chi connectivity index (χ4n) is 15.3. The predicted molar refractivity (Wildman–Crippen MR) is 407 cm³/mol. The number of hydrogen-bond donors (Lipinski definition) is 0. The van der Waals surface area contributed by atoms with Gasteiger partial charge in [-0.05, 0) is 156 Å². The van der Waals surface area contributed by atoms with Gasteiger partial charge in [-0.25, -0.2) is 0 Å². The second kappa shape index (κ2) is 28.8. The molecule has 0 N–H and O–H groups in total. The topological polar surface area (TPSA) is 63.3 Å². The summed E-state index contributed by atoms with van der Waals surface area (Å²) in [5.41, 5.74) is 27.9. The molecule has 0 radical (unpaired) electrons. The Morgan fingerprint density at radius 3 is 1.01 bits per heavy atom. The second-order valence-corrected chi connectivity index (χ2v) is 26.5. The number of benzene rings is 11. The summed E-state index contributed by atoms with van der Waals surface area (Å²) in [6.07, 6.45) is 13.7. The summed E-state index contributed by atoms with van der Waals surface area (Å²) in [4.78, 5) is 13.8. The third kappa shape index (κ3) is 13.2. The van der Waals surface area contributed by atoms with Crippen molar-refractivity contribution in [2.24, 2.45) is 0 Å². The fourth-order valence-corrected chi connectivity index (χ4v) is 15.3. The number of rotatable bonds is 13. The number of fused-ring (bicyclic) bond motifs is 6. The first-order chi connectivity index (χ1) is 47.7. The molecule has 0 fully saturated rings. The minimum absolute atomic E-state index is 0. The number of imidazole rings is 3. The van der Waals surface area contributed by atoms with Gasteiger partial charge in [0, 0.05) is 87.2 Å². The predicted octanol–water partition coefficient (Wildman–Crippen LogP) is 22.7. The van der Waals surface area contributed by atoms with Crippen molar-refractivity contribution in [3.8, 4) is 62.6 Å². The summed E-state index contributed by atoms with van der Waals surface area (Å²) < 4.78 is 11.4. The third-order valence-corrected chi connectivity index (χ3v) is 19.3. The largest absolute Gasteiger partial charge is 3.00 e. The molecule has 0 amide bonds. The number of para-hydroxylation sites is 4. The van der Waals surface area contributed by atoms with Crippen molar-refractivity contribution >= 4 is 43.6 Å². The van der Waals surface area contributed by atoms with Crippen LogP contribution in [0.15, 0.2) is 256 Å². The van der Waals surface area contributed by atoms with E-state index in [1.54, 1.807) is 0 Å². The summed E-state index contributed by atoms with van der Waals surface area (Å²) in [6.45, 7) is 24.1. The molecule has 0 aliphatic rings. The molecule has 0 aliphatic carbocycles. The van der Waals surface area contributed by atoms with Gasteiger partial charge >= 0.3 is 20.1 Å². The van der Waals surface area contributed by atoms with Gasteiger partial charge in [-0.2, -0.15) is 0 Å². The van der Waals surface area contributed by atoms with Crippen molar-refractivity contribution in [3.63, 3.8) is 0 Å². The summed E-state index contributed by atoms with van der Waals surface area (Å²) >= 11 is 0.